The maximum absolute atomic E-state index is 12.2. The molecule has 6 nitrogen and oxygen atoms in total. The highest BCUT2D eigenvalue weighted by molar-refractivity contribution is 7.99. The molecule has 0 spiro atoms. The quantitative estimate of drug-likeness (QED) is 0.0497. The van der Waals surface area contributed by atoms with Crippen LogP contribution in [0, 0.1) is 29.6 Å². The van der Waals surface area contributed by atoms with Gasteiger partial charge >= 0.3 is 11.9 Å². The molecule has 0 saturated carbocycles. The standard InChI is InChI=1S/C31H54N2O4S2/c1-23(2)30(6,7)27(34)36-18-14-10-12-16-20-38-26-25(5)22-32-29(33-26)39-21-17-13-11-15-19-37-28(35)31(8,9)24(3)4/h22-24H,10-21H2,1-9H3. The molecule has 224 valence electrons. The lowest BCUT2D eigenvalue weighted by Gasteiger charge is -2.26. The first-order chi connectivity index (χ1) is 18.3. The van der Waals surface area contributed by atoms with Crippen molar-refractivity contribution < 1.29 is 19.1 Å². The Morgan fingerprint density at radius 1 is 0.744 bits per heavy atom. The highest BCUT2D eigenvalue weighted by Crippen LogP contribution is 2.29. The normalized spacial score (nSPS) is 12.3. The molecule has 1 heterocycles. The van der Waals surface area contributed by atoms with E-state index in [2.05, 4.69) is 39.6 Å². The molecule has 8 heteroatoms. The SMILES string of the molecule is Cc1cnc(SCCCCCCOC(=O)C(C)(C)C(C)C)nc1SCCCCCCOC(=O)C(C)(C)C(C)C. The van der Waals surface area contributed by atoms with E-state index < -0.39 is 10.8 Å². The second-order valence-electron chi connectivity index (χ2n) is 12.2. The van der Waals surface area contributed by atoms with Gasteiger partial charge < -0.3 is 9.47 Å². The Morgan fingerprint density at radius 3 is 1.64 bits per heavy atom. The maximum Gasteiger partial charge on any atom is 0.311 e. The number of rotatable bonds is 20. The number of aryl methyl sites for hydroxylation is 1. The molecule has 0 radical (unpaired) electrons. The maximum atomic E-state index is 12.2. The Labute approximate surface area is 247 Å². The molecule has 0 unspecified atom stereocenters. The molecular formula is C31H54N2O4S2. The van der Waals surface area contributed by atoms with E-state index >= 15 is 0 Å². The van der Waals surface area contributed by atoms with Gasteiger partial charge in [0, 0.05) is 11.9 Å². The number of carbonyl (C=O) groups is 2. The summed E-state index contributed by atoms with van der Waals surface area (Å²) in [6.45, 7) is 19.1. The molecule has 0 aromatic carbocycles. The van der Waals surface area contributed by atoms with E-state index in [0.29, 0.717) is 13.2 Å². The van der Waals surface area contributed by atoms with Gasteiger partial charge in [-0.25, -0.2) is 9.97 Å². The molecule has 0 aliphatic rings. The van der Waals surface area contributed by atoms with Crippen LogP contribution < -0.4 is 0 Å². The number of esters is 2. The van der Waals surface area contributed by atoms with Crippen LogP contribution in [0.2, 0.25) is 0 Å². The minimum absolute atomic E-state index is 0.0926. The summed E-state index contributed by atoms with van der Waals surface area (Å²) in [4.78, 5) is 33.7. The summed E-state index contributed by atoms with van der Waals surface area (Å²) < 4.78 is 11.0. The largest absolute Gasteiger partial charge is 0.465 e. The monoisotopic (exact) mass is 582 g/mol. The molecule has 0 saturated heterocycles. The first-order valence-electron chi connectivity index (χ1n) is 14.7. The van der Waals surface area contributed by atoms with Crippen LogP contribution in [0.4, 0.5) is 0 Å². The second kappa shape index (κ2) is 18.2. The predicted octanol–water partition coefficient (Wildman–Crippen LogP) is 8.54. The predicted molar refractivity (Wildman–Crippen MR) is 164 cm³/mol. The van der Waals surface area contributed by atoms with Gasteiger partial charge in [0.2, 0.25) is 0 Å². The Kier molecular flexibility index (Phi) is 16.7. The average molecular weight is 583 g/mol. The first-order valence-corrected chi connectivity index (χ1v) is 16.7. The fraction of sp³-hybridized carbons (Fsp3) is 0.806. The van der Waals surface area contributed by atoms with Crippen LogP contribution in [0.25, 0.3) is 0 Å². The molecule has 0 amide bonds. The number of ether oxygens (including phenoxy) is 2. The van der Waals surface area contributed by atoms with Gasteiger partial charge in [0.05, 0.1) is 24.0 Å². The van der Waals surface area contributed by atoms with E-state index in [4.69, 9.17) is 14.5 Å². The fourth-order valence-corrected chi connectivity index (χ4v) is 5.09. The first kappa shape index (κ1) is 35.7. The minimum atomic E-state index is -0.426. The van der Waals surface area contributed by atoms with Crippen LogP contribution in [-0.2, 0) is 19.1 Å². The zero-order valence-corrected chi connectivity index (χ0v) is 27.7. The van der Waals surface area contributed by atoms with Gasteiger partial charge in [-0.2, -0.15) is 0 Å². The van der Waals surface area contributed by atoms with E-state index in [1.807, 2.05) is 33.9 Å². The summed E-state index contributed by atoms with van der Waals surface area (Å²) in [7, 11) is 0. The summed E-state index contributed by atoms with van der Waals surface area (Å²) in [5.74, 6) is 2.37. The molecule has 1 aromatic heterocycles. The Balaban J connectivity index is 2.17. The number of hydrogen-bond acceptors (Lipinski definition) is 8. The lowest BCUT2D eigenvalue weighted by atomic mass is 9.81. The summed E-state index contributed by atoms with van der Waals surface area (Å²) in [6.07, 6.45) is 10.3. The molecule has 0 aliphatic carbocycles. The Bertz CT molecular complexity index is 872. The van der Waals surface area contributed by atoms with Crippen molar-refractivity contribution in [3.8, 4) is 0 Å². The van der Waals surface area contributed by atoms with Crippen molar-refractivity contribution in [2.45, 2.75) is 124 Å². The number of nitrogens with zero attached hydrogens (tertiary/aromatic N) is 2. The highest BCUT2D eigenvalue weighted by atomic mass is 32.2. The number of hydrogen-bond donors (Lipinski definition) is 0. The second-order valence-corrected chi connectivity index (χ2v) is 14.3. The van der Waals surface area contributed by atoms with Gasteiger partial charge in [0.1, 0.15) is 5.03 Å². The smallest absolute Gasteiger partial charge is 0.311 e. The van der Waals surface area contributed by atoms with Crippen LogP contribution >= 0.6 is 23.5 Å². The van der Waals surface area contributed by atoms with Crippen LogP contribution in [0.1, 0.15) is 112 Å². The summed E-state index contributed by atoms with van der Waals surface area (Å²) in [5.41, 5.74) is 0.273. The van der Waals surface area contributed by atoms with Crippen molar-refractivity contribution in [1.82, 2.24) is 9.97 Å². The lowest BCUT2D eigenvalue weighted by molar-refractivity contribution is -0.157. The Hall–Kier alpha value is -1.28. The van der Waals surface area contributed by atoms with E-state index in [-0.39, 0.29) is 23.8 Å². The van der Waals surface area contributed by atoms with E-state index in [1.165, 1.54) is 0 Å². The summed E-state index contributed by atoms with van der Waals surface area (Å²) in [5, 5.41) is 1.92. The topological polar surface area (TPSA) is 78.4 Å². The van der Waals surface area contributed by atoms with Crippen molar-refractivity contribution in [3.63, 3.8) is 0 Å². The van der Waals surface area contributed by atoms with Crippen LogP contribution in [0.3, 0.4) is 0 Å². The van der Waals surface area contributed by atoms with Gasteiger partial charge in [0.25, 0.3) is 0 Å². The van der Waals surface area contributed by atoms with Crippen LogP contribution in [0.15, 0.2) is 16.4 Å². The van der Waals surface area contributed by atoms with E-state index in [0.717, 1.165) is 78.6 Å². The van der Waals surface area contributed by atoms with Gasteiger partial charge in [-0.15, -0.1) is 11.8 Å². The van der Waals surface area contributed by atoms with Gasteiger partial charge in [-0.1, -0.05) is 65.1 Å². The number of carbonyl (C=O) groups excluding carboxylic acids is 2. The number of unbranched alkanes of at least 4 members (excludes halogenated alkanes) is 6. The van der Waals surface area contributed by atoms with Gasteiger partial charge in [0.15, 0.2) is 5.16 Å². The molecule has 0 N–H and O–H groups in total. The minimum Gasteiger partial charge on any atom is -0.465 e. The molecule has 0 fully saturated rings. The van der Waals surface area contributed by atoms with Crippen molar-refractivity contribution >= 4 is 35.5 Å². The van der Waals surface area contributed by atoms with Crippen molar-refractivity contribution in [1.29, 1.82) is 0 Å². The third kappa shape index (κ3) is 13.3. The summed E-state index contributed by atoms with van der Waals surface area (Å²) >= 11 is 3.52. The third-order valence-corrected chi connectivity index (χ3v) is 9.98. The Morgan fingerprint density at radius 2 is 1.18 bits per heavy atom. The molecule has 0 atom stereocenters. The molecular weight excluding hydrogens is 528 g/mol. The molecule has 1 rings (SSSR count). The van der Waals surface area contributed by atoms with Crippen molar-refractivity contribution in [2.75, 3.05) is 24.7 Å². The van der Waals surface area contributed by atoms with Gasteiger partial charge in [-0.05, 0) is 83.5 Å². The highest BCUT2D eigenvalue weighted by Gasteiger charge is 2.33. The average Bonchev–Trinajstić information content (AvgIpc) is 2.87. The van der Waals surface area contributed by atoms with E-state index in [1.54, 1.807) is 23.5 Å². The van der Waals surface area contributed by atoms with Crippen LogP contribution in [-0.4, -0.2) is 46.6 Å². The molecule has 0 bridgehead atoms. The molecule has 39 heavy (non-hydrogen) atoms. The zero-order valence-electron chi connectivity index (χ0n) is 26.1. The molecule has 1 aromatic rings. The zero-order chi connectivity index (χ0) is 29.5. The van der Waals surface area contributed by atoms with Gasteiger partial charge in [-0.3, -0.25) is 9.59 Å². The van der Waals surface area contributed by atoms with Crippen molar-refractivity contribution in [3.05, 3.63) is 11.8 Å². The molecule has 0 aliphatic heterocycles. The van der Waals surface area contributed by atoms with E-state index in [9.17, 15) is 9.59 Å². The number of aromatic nitrogens is 2. The third-order valence-electron chi connectivity index (χ3n) is 7.86. The lowest BCUT2D eigenvalue weighted by Crippen LogP contribution is -2.32. The van der Waals surface area contributed by atoms with Crippen LogP contribution in [0.5, 0.6) is 0 Å². The fourth-order valence-electron chi connectivity index (χ4n) is 3.25. The summed E-state index contributed by atoms with van der Waals surface area (Å²) in [6, 6.07) is 0. The van der Waals surface area contributed by atoms with Crippen molar-refractivity contribution in [2.24, 2.45) is 22.7 Å². The number of thioether (sulfide) groups is 2.